The normalized spacial score (nSPS) is 24.0. The van der Waals surface area contributed by atoms with Gasteiger partial charge in [0, 0.05) is 18.7 Å². The van der Waals surface area contributed by atoms with Gasteiger partial charge in [-0.25, -0.2) is 9.97 Å². The predicted octanol–water partition coefficient (Wildman–Crippen LogP) is 2.69. The summed E-state index contributed by atoms with van der Waals surface area (Å²) in [4.78, 5) is 11.1. The van der Waals surface area contributed by atoms with Crippen LogP contribution in [0.25, 0.3) is 0 Å². The van der Waals surface area contributed by atoms with E-state index < -0.39 is 0 Å². The Kier molecular flexibility index (Phi) is 3.73. The van der Waals surface area contributed by atoms with Crippen molar-refractivity contribution in [2.75, 3.05) is 17.7 Å². The number of aromatic nitrogens is 2. The number of nitrogens with two attached hydrogens (primary N) is 1. The van der Waals surface area contributed by atoms with Crippen molar-refractivity contribution < 1.29 is 0 Å². The summed E-state index contributed by atoms with van der Waals surface area (Å²) in [6.07, 6.45) is 5.17. The van der Waals surface area contributed by atoms with Crippen LogP contribution in [0.1, 0.15) is 44.0 Å². The summed E-state index contributed by atoms with van der Waals surface area (Å²) < 4.78 is 0. The van der Waals surface area contributed by atoms with Crippen molar-refractivity contribution in [3.63, 3.8) is 0 Å². The van der Waals surface area contributed by atoms with Crippen molar-refractivity contribution in [2.45, 2.75) is 52.5 Å². The van der Waals surface area contributed by atoms with Crippen LogP contribution in [0.4, 0.5) is 11.6 Å². The number of hydrogen-bond donors (Lipinski definition) is 1. The monoisotopic (exact) mass is 248 g/mol. The molecule has 2 atom stereocenters. The topological polar surface area (TPSA) is 55.0 Å². The lowest BCUT2D eigenvalue weighted by Gasteiger charge is -2.35. The zero-order chi connectivity index (χ0) is 13.3. The van der Waals surface area contributed by atoms with Crippen molar-refractivity contribution in [1.29, 1.82) is 0 Å². The predicted molar refractivity (Wildman–Crippen MR) is 75.7 cm³/mol. The standard InChI is InChI=1S/C14H24N4/c1-9-6-5-7-12(8-9)18(4)14-10(2)13(15)16-11(3)17-14/h9,12H,5-8H2,1-4H3,(H2,15,16,17). The molecule has 1 aromatic rings. The summed E-state index contributed by atoms with van der Waals surface area (Å²) in [5, 5.41) is 0. The molecule has 2 N–H and O–H groups in total. The highest BCUT2D eigenvalue weighted by Crippen LogP contribution is 2.31. The first-order valence-corrected chi connectivity index (χ1v) is 6.82. The van der Waals surface area contributed by atoms with E-state index in [1.54, 1.807) is 0 Å². The molecule has 0 spiro atoms. The lowest BCUT2D eigenvalue weighted by atomic mass is 9.86. The Hall–Kier alpha value is -1.32. The number of rotatable bonds is 2. The first-order chi connectivity index (χ1) is 8.49. The molecule has 18 heavy (non-hydrogen) atoms. The van der Waals surface area contributed by atoms with E-state index in [-0.39, 0.29) is 0 Å². The van der Waals surface area contributed by atoms with E-state index in [0.717, 1.165) is 23.1 Å². The molecule has 4 nitrogen and oxygen atoms in total. The van der Waals surface area contributed by atoms with E-state index in [1.807, 2.05) is 13.8 Å². The fourth-order valence-electron chi connectivity index (χ4n) is 2.91. The first kappa shape index (κ1) is 13.1. The Morgan fingerprint density at radius 1 is 1.22 bits per heavy atom. The zero-order valence-corrected chi connectivity index (χ0v) is 11.9. The molecule has 1 saturated carbocycles. The molecule has 2 unspecified atom stereocenters. The molecule has 1 heterocycles. The number of anilines is 2. The third-order valence-corrected chi connectivity index (χ3v) is 4.06. The van der Waals surface area contributed by atoms with Crippen LogP contribution in [0.2, 0.25) is 0 Å². The average molecular weight is 248 g/mol. The molecule has 0 aliphatic heterocycles. The maximum absolute atomic E-state index is 5.94. The Morgan fingerprint density at radius 2 is 1.94 bits per heavy atom. The van der Waals surface area contributed by atoms with Gasteiger partial charge in [-0.15, -0.1) is 0 Å². The van der Waals surface area contributed by atoms with Gasteiger partial charge in [-0.3, -0.25) is 0 Å². The molecule has 2 rings (SSSR count). The molecule has 1 fully saturated rings. The molecule has 0 bridgehead atoms. The SMILES string of the molecule is Cc1nc(N)c(C)c(N(C)C2CCCC(C)C2)n1. The highest BCUT2D eigenvalue weighted by Gasteiger charge is 2.24. The summed E-state index contributed by atoms with van der Waals surface area (Å²) in [6, 6.07) is 0.584. The molecular weight excluding hydrogens is 224 g/mol. The highest BCUT2D eigenvalue weighted by atomic mass is 15.2. The van der Waals surface area contributed by atoms with Gasteiger partial charge in [0.1, 0.15) is 17.5 Å². The van der Waals surface area contributed by atoms with Crippen LogP contribution in [0.15, 0.2) is 0 Å². The third kappa shape index (κ3) is 2.57. The maximum atomic E-state index is 5.94. The summed E-state index contributed by atoms with van der Waals surface area (Å²) >= 11 is 0. The Balaban J connectivity index is 2.25. The number of hydrogen-bond acceptors (Lipinski definition) is 4. The van der Waals surface area contributed by atoms with Gasteiger partial charge in [-0.2, -0.15) is 0 Å². The summed E-state index contributed by atoms with van der Waals surface area (Å²) in [5.74, 6) is 3.17. The second-order valence-electron chi connectivity index (χ2n) is 5.64. The van der Waals surface area contributed by atoms with Gasteiger partial charge in [-0.1, -0.05) is 19.8 Å². The van der Waals surface area contributed by atoms with Gasteiger partial charge in [0.15, 0.2) is 0 Å². The van der Waals surface area contributed by atoms with Crippen LogP contribution in [0, 0.1) is 19.8 Å². The second kappa shape index (κ2) is 5.12. The van der Waals surface area contributed by atoms with Crippen LogP contribution in [0.5, 0.6) is 0 Å². The fraction of sp³-hybridized carbons (Fsp3) is 0.714. The highest BCUT2D eigenvalue weighted by molar-refractivity contribution is 5.56. The quantitative estimate of drug-likeness (QED) is 0.874. The van der Waals surface area contributed by atoms with Gasteiger partial charge in [-0.05, 0) is 32.6 Å². The Morgan fingerprint density at radius 3 is 2.61 bits per heavy atom. The van der Waals surface area contributed by atoms with Gasteiger partial charge >= 0.3 is 0 Å². The largest absolute Gasteiger partial charge is 0.383 e. The summed E-state index contributed by atoms with van der Waals surface area (Å²) in [7, 11) is 2.14. The van der Waals surface area contributed by atoms with Crippen LogP contribution >= 0.6 is 0 Å². The van der Waals surface area contributed by atoms with E-state index in [9.17, 15) is 0 Å². The van der Waals surface area contributed by atoms with E-state index in [1.165, 1.54) is 25.7 Å². The van der Waals surface area contributed by atoms with Crippen molar-refractivity contribution in [1.82, 2.24) is 9.97 Å². The smallest absolute Gasteiger partial charge is 0.137 e. The summed E-state index contributed by atoms with van der Waals surface area (Å²) in [6.45, 7) is 6.25. The minimum absolute atomic E-state index is 0.584. The molecule has 0 saturated heterocycles. The molecule has 1 aliphatic carbocycles. The number of nitrogen functional groups attached to an aromatic ring is 1. The molecule has 0 radical (unpaired) electrons. The van der Waals surface area contributed by atoms with Crippen LogP contribution in [-0.2, 0) is 0 Å². The van der Waals surface area contributed by atoms with Gasteiger partial charge in [0.25, 0.3) is 0 Å². The van der Waals surface area contributed by atoms with Gasteiger partial charge < -0.3 is 10.6 Å². The van der Waals surface area contributed by atoms with Crippen molar-refractivity contribution in [3.05, 3.63) is 11.4 Å². The van der Waals surface area contributed by atoms with E-state index in [0.29, 0.717) is 11.9 Å². The van der Waals surface area contributed by atoms with E-state index >= 15 is 0 Å². The van der Waals surface area contributed by atoms with Crippen LogP contribution in [-0.4, -0.2) is 23.1 Å². The number of aryl methyl sites for hydroxylation is 1. The zero-order valence-electron chi connectivity index (χ0n) is 11.9. The van der Waals surface area contributed by atoms with Crippen molar-refractivity contribution in [3.8, 4) is 0 Å². The molecule has 100 valence electrons. The molecule has 4 heteroatoms. The molecular formula is C14H24N4. The Labute approximate surface area is 110 Å². The molecule has 0 aromatic carbocycles. The fourth-order valence-corrected chi connectivity index (χ4v) is 2.91. The maximum Gasteiger partial charge on any atom is 0.137 e. The molecule has 0 amide bonds. The van der Waals surface area contributed by atoms with Crippen molar-refractivity contribution in [2.24, 2.45) is 5.92 Å². The van der Waals surface area contributed by atoms with Crippen LogP contribution < -0.4 is 10.6 Å². The lowest BCUT2D eigenvalue weighted by Crippen LogP contribution is -2.36. The summed E-state index contributed by atoms with van der Waals surface area (Å²) in [5.41, 5.74) is 6.94. The number of nitrogens with zero attached hydrogens (tertiary/aromatic N) is 3. The first-order valence-electron chi connectivity index (χ1n) is 6.82. The van der Waals surface area contributed by atoms with Gasteiger partial charge in [0.2, 0.25) is 0 Å². The van der Waals surface area contributed by atoms with E-state index in [4.69, 9.17) is 5.73 Å². The molecule has 1 aromatic heterocycles. The minimum atomic E-state index is 0.584. The van der Waals surface area contributed by atoms with Gasteiger partial charge in [0.05, 0.1) is 0 Å². The average Bonchev–Trinajstić information content (AvgIpc) is 2.33. The Bertz CT molecular complexity index is 430. The van der Waals surface area contributed by atoms with Crippen LogP contribution in [0.3, 0.4) is 0 Å². The third-order valence-electron chi connectivity index (χ3n) is 4.06. The molecule has 1 aliphatic rings. The van der Waals surface area contributed by atoms with E-state index in [2.05, 4.69) is 28.8 Å². The minimum Gasteiger partial charge on any atom is -0.383 e. The lowest BCUT2D eigenvalue weighted by molar-refractivity contribution is 0.335. The second-order valence-corrected chi connectivity index (χ2v) is 5.64. The van der Waals surface area contributed by atoms with Crippen molar-refractivity contribution >= 4 is 11.6 Å².